The fourth-order valence-corrected chi connectivity index (χ4v) is 1.58. The summed E-state index contributed by atoms with van der Waals surface area (Å²) in [6.45, 7) is 6.26. The Balaban J connectivity index is 3.09. The van der Waals surface area contributed by atoms with Crippen molar-refractivity contribution in [2.45, 2.75) is 45.3 Å². The monoisotopic (exact) mass is 255 g/mol. The summed E-state index contributed by atoms with van der Waals surface area (Å²) in [6, 6.07) is 0. The van der Waals surface area contributed by atoms with Gasteiger partial charge in [-0.2, -0.15) is 0 Å². The van der Waals surface area contributed by atoms with E-state index in [1.807, 2.05) is 0 Å². The SMILES string of the molecule is CC(C)(C)OC(=O)N1C(=O)C=CC[C@@]1(C)C(=O)O. The molecule has 0 saturated carbocycles. The summed E-state index contributed by atoms with van der Waals surface area (Å²) in [5.41, 5.74) is -2.40. The predicted octanol–water partition coefficient (Wildman–Crippen LogP) is 1.55. The lowest BCUT2D eigenvalue weighted by Crippen LogP contribution is -2.59. The minimum atomic E-state index is -1.60. The lowest BCUT2D eigenvalue weighted by Gasteiger charge is -2.37. The zero-order chi connectivity index (χ0) is 14.1. The van der Waals surface area contributed by atoms with Gasteiger partial charge in [-0.3, -0.25) is 4.79 Å². The third-order valence-corrected chi connectivity index (χ3v) is 2.53. The third-order valence-electron chi connectivity index (χ3n) is 2.53. The lowest BCUT2D eigenvalue weighted by atomic mass is 9.92. The van der Waals surface area contributed by atoms with E-state index < -0.39 is 29.1 Å². The summed E-state index contributed by atoms with van der Waals surface area (Å²) in [6.07, 6.45) is 1.74. The first kappa shape index (κ1) is 14.2. The van der Waals surface area contributed by atoms with Crippen LogP contribution in [0.5, 0.6) is 0 Å². The van der Waals surface area contributed by atoms with Crippen LogP contribution in [0.15, 0.2) is 12.2 Å². The fraction of sp³-hybridized carbons (Fsp3) is 0.583. The van der Waals surface area contributed by atoms with Gasteiger partial charge in [0.25, 0.3) is 5.91 Å². The van der Waals surface area contributed by atoms with Gasteiger partial charge >= 0.3 is 12.1 Å². The maximum Gasteiger partial charge on any atom is 0.418 e. The van der Waals surface area contributed by atoms with E-state index in [-0.39, 0.29) is 6.42 Å². The number of rotatable bonds is 1. The number of hydrogen-bond donors (Lipinski definition) is 1. The van der Waals surface area contributed by atoms with Crippen LogP contribution in [0.2, 0.25) is 0 Å². The highest BCUT2D eigenvalue weighted by Crippen LogP contribution is 2.27. The molecule has 18 heavy (non-hydrogen) atoms. The number of hydrogen-bond acceptors (Lipinski definition) is 4. The van der Waals surface area contributed by atoms with E-state index >= 15 is 0 Å². The third kappa shape index (κ3) is 2.69. The average Bonchev–Trinajstić information content (AvgIpc) is 2.13. The zero-order valence-electron chi connectivity index (χ0n) is 10.9. The van der Waals surface area contributed by atoms with Crippen LogP contribution < -0.4 is 0 Å². The molecule has 0 saturated heterocycles. The molecule has 0 aliphatic carbocycles. The maximum atomic E-state index is 11.9. The Morgan fingerprint density at radius 3 is 2.44 bits per heavy atom. The molecule has 2 amide bonds. The lowest BCUT2D eigenvalue weighted by molar-refractivity contribution is -0.155. The quantitative estimate of drug-likeness (QED) is 0.768. The highest BCUT2D eigenvalue weighted by atomic mass is 16.6. The normalized spacial score (nSPS) is 24.0. The van der Waals surface area contributed by atoms with Crippen LogP contribution in [0.25, 0.3) is 0 Å². The first-order valence-corrected chi connectivity index (χ1v) is 5.55. The van der Waals surface area contributed by atoms with Gasteiger partial charge in [0.1, 0.15) is 5.60 Å². The van der Waals surface area contributed by atoms with Crippen molar-refractivity contribution in [1.29, 1.82) is 0 Å². The molecular weight excluding hydrogens is 238 g/mol. The van der Waals surface area contributed by atoms with E-state index in [0.29, 0.717) is 4.90 Å². The largest absolute Gasteiger partial charge is 0.479 e. The Labute approximate surface area is 105 Å². The first-order chi connectivity index (χ1) is 8.08. The minimum absolute atomic E-state index is 0.0628. The molecule has 0 fully saturated rings. The van der Waals surface area contributed by atoms with Crippen LogP contribution in [0.1, 0.15) is 34.1 Å². The van der Waals surface area contributed by atoms with Gasteiger partial charge in [0.2, 0.25) is 0 Å². The van der Waals surface area contributed by atoms with Crippen molar-refractivity contribution in [3.63, 3.8) is 0 Å². The molecule has 6 nitrogen and oxygen atoms in total. The van der Waals surface area contributed by atoms with Gasteiger partial charge in [-0.05, 0) is 33.8 Å². The molecule has 6 heteroatoms. The molecule has 1 aliphatic heterocycles. The van der Waals surface area contributed by atoms with E-state index in [1.165, 1.54) is 19.1 Å². The number of carbonyl (C=O) groups excluding carboxylic acids is 2. The smallest absolute Gasteiger partial charge is 0.418 e. The van der Waals surface area contributed by atoms with E-state index in [4.69, 9.17) is 4.74 Å². The first-order valence-electron chi connectivity index (χ1n) is 5.55. The molecule has 0 unspecified atom stereocenters. The molecule has 0 aromatic carbocycles. The average molecular weight is 255 g/mol. The van der Waals surface area contributed by atoms with E-state index in [2.05, 4.69) is 0 Å². The Kier molecular flexibility index (Phi) is 3.50. The van der Waals surface area contributed by atoms with Gasteiger partial charge in [-0.15, -0.1) is 0 Å². The topological polar surface area (TPSA) is 83.9 Å². The molecule has 1 heterocycles. The molecule has 1 rings (SSSR count). The summed E-state index contributed by atoms with van der Waals surface area (Å²) < 4.78 is 5.06. The van der Waals surface area contributed by atoms with Gasteiger partial charge in [0, 0.05) is 6.42 Å². The van der Waals surface area contributed by atoms with Crippen LogP contribution in [0.4, 0.5) is 4.79 Å². The van der Waals surface area contributed by atoms with Crippen molar-refractivity contribution < 1.29 is 24.2 Å². The molecule has 0 aromatic heterocycles. The molecule has 0 bridgehead atoms. The molecule has 100 valence electrons. The predicted molar refractivity (Wildman–Crippen MR) is 62.9 cm³/mol. The van der Waals surface area contributed by atoms with Gasteiger partial charge < -0.3 is 9.84 Å². The van der Waals surface area contributed by atoms with Crippen LogP contribution in [0, 0.1) is 0 Å². The summed E-state index contributed by atoms with van der Waals surface area (Å²) in [7, 11) is 0. The maximum absolute atomic E-state index is 11.9. The van der Waals surface area contributed by atoms with Crippen molar-refractivity contribution in [1.82, 2.24) is 4.90 Å². The molecular formula is C12H17NO5. The Hall–Kier alpha value is -1.85. The number of carboxylic acids is 1. The van der Waals surface area contributed by atoms with Crippen LogP contribution in [-0.4, -0.2) is 39.1 Å². The van der Waals surface area contributed by atoms with E-state index in [1.54, 1.807) is 20.8 Å². The number of nitrogens with zero attached hydrogens (tertiary/aromatic N) is 1. The van der Waals surface area contributed by atoms with Gasteiger partial charge in [0.15, 0.2) is 5.54 Å². The summed E-state index contributed by atoms with van der Waals surface area (Å²) in [5, 5.41) is 9.20. The highest BCUT2D eigenvalue weighted by Gasteiger charge is 2.48. The summed E-state index contributed by atoms with van der Waals surface area (Å²) in [4.78, 5) is 35.6. The van der Waals surface area contributed by atoms with Gasteiger partial charge in [-0.25, -0.2) is 14.5 Å². The number of carboxylic acid groups (broad SMARTS) is 1. The molecule has 0 aromatic rings. The van der Waals surface area contributed by atoms with Crippen LogP contribution in [-0.2, 0) is 14.3 Å². The van der Waals surface area contributed by atoms with Crippen molar-refractivity contribution in [3.8, 4) is 0 Å². The molecule has 1 aliphatic rings. The van der Waals surface area contributed by atoms with E-state index in [0.717, 1.165) is 0 Å². The van der Waals surface area contributed by atoms with E-state index in [9.17, 15) is 19.5 Å². The van der Waals surface area contributed by atoms with Crippen molar-refractivity contribution in [2.75, 3.05) is 0 Å². The van der Waals surface area contributed by atoms with Crippen molar-refractivity contribution in [2.24, 2.45) is 0 Å². The highest BCUT2D eigenvalue weighted by molar-refractivity contribution is 6.04. The van der Waals surface area contributed by atoms with Crippen LogP contribution >= 0.6 is 0 Å². The van der Waals surface area contributed by atoms with Crippen molar-refractivity contribution in [3.05, 3.63) is 12.2 Å². The summed E-state index contributed by atoms with van der Waals surface area (Å²) in [5.74, 6) is -1.92. The van der Waals surface area contributed by atoms with Gasteiger partial charge in [-0.1, -0.05) is 6.08 Å². The second kappa shape index (κ2) is 4.44. The Morgan fingerprint density at radius 1 is 1.44 bits per heavy atom. The Bertz CT molecular complexity index is 421. The van der Waals surface area contributed by atoms with Crippen LogP contribution in [0.3, 0.4) is 0 Å². The standard InChI is InChI=1S/C12H17NO5/c1-11(2,3)18-10(17)13-8(14)6-5-7-12(13,4)9(15)16/h5-6H,7H2,1-4H3,(H,15,16)/t12-/m0/s1. The number of ether oxygens (including phenoxy) is 1. The molecule has 0 spiro atoms. The molecule has 1 atom stereocenters. The van der Waals surface area contributed by atoms with Gasteiger partial charge in [0.05, 0.1) is 0 Å². The second-order valence-electron chi connectivity index (χ2n) is 5.34. The molecule has 0 radical (unpaired) electrons. The summed E-state index contributed by atoms with van der Waals surface area (Å²) >= 11 is 0. The Morgan fingerprint density at radius 2 is 2.00 bits per heavy atom. The van der Waals surface area contributed by atoms with Crippen molar-refractivity contribution >= 4 is 18.0 Å². The molecule has 1 N–H and O–H groups in total. The number of amides is 2. The minimum Gasteiger partial charge on any atom is -0.479 e. The number of aliphatic carboxylic acids is 1. The number of imide groups is 1. The second-order valence-corrected chi connectivity index (χ2v) is 5.34. The fourth-order valence-electron chi connectivity index (χ4n) is 1.58. The number of carbonyl (C=O) groups is 3. The zero-order valence-corrected chi connectivity index (χ0v) is 10.9.